The van der Waals surface area contributed by atoms with E-state index in [9.17, 15) is 15.2 Å². The molecule has 0 amide bonds. The fourth-order valence-electron chi connectivity index (χ4n) is 1.94. The average Bonchev–Trinajstić information content (AvgIpc) is 2.38. The molecule has 0 bridgehead atoms. The summed E-state index contributed by atoms with van der Waals surface area (Å²) in [6, 6.07) is 7.56. The summed E-state index contributed by atoms with van der Waals surface area (Å²) in [5, 5.41) is 21.6. The highest BCUT2D eigenvalue weighted by molar-refractivity contribution is 7.98. The van der Waals surface area contributed by atoms with Gasteiger partial charge in [-0.05, 0) is 31.7 Å². The maximum atomic E-state index is 11.4. The molecule has 0 saturated heterocycles. The van der Waals surface area contributed by atoms with Gasteiger partial charge in [0, 0.05) is 4.90 Å². The van der Waals surface area contributed by atoms with Crippen LogP contribution in [0.3, 0.4) is 0 Å². The molecule has 1 atom stereocenters. The van der Waals surface area contributed by atoms with Gasteiger partial charge in [-0.25, -0.2) is 4.79 Å². The lowest BCUT2D eigenvalue weighted by Crippen LogP contribution is -2.43. The quantitative estimate of drug-likeness (QED) is 0.781. The molecule has 0 fully saturated rings. The molecule has 0 aromatic heterocycles. The normalized spacial score (nSPS) is 13.4. The molecule has 1 aromatic rings. The van der Waals surface area contributed by atoms with Gasteiger partial charge in [0.2, 0.25) is 0 Å². The number of carboxylic acids is 1. The van der Waals surface area contributed by atoms with Crippen LogP contribution in [0.25, 0.3) is 0 Å². The van der Waals surface area contributed by atoms with Crippen LogP contribution in [0.4, 0.5) is 5.69 Å². The maximum Gasteiger partial charge on any atom is 0.329 e. The Bertz CT molecular complexity index is 511. The van der Waals surface area contributed by atoms with E-state index in [1.165, 1.54) is 11.8 Å². The fraction of sp³-hybridized carbons (Fsp3) is 0.429. The Morgan fingerprint density at radius 1 is 1.58 bits per heavy atom. The number of rotatable bonds is 6. The van der Waals surface area contributed by atoms with Crippen molar-refractivity contribution in [3.05, 3.63) is 23.8 Å². The van der Waals surface area contributed by atoms with Crippen LogP contribution < -0.4 is 5.32 Å². The lowest BCUT2D eigenvalue weighted by molar-refractivity contribution is -0.141. The molecule has 0 spiro atoms. The van der Waals surface area contributed by atoms with E-state index in [2.05, 4.69) is 11.4 Å². The topological polar surface area (TPSA) is 73.1 Å². The first-order chi connectivity index (χ1) is 8.98. The number of nitriles is 1. The maximum absolute atomic E-state index is 11.4. The first-order valence-corrected chi connectivity index (χ1v) is 7.29. The number of anilines is 1. The summed E-state index contributed by atoms with van der Waals surface area (Å²) in [6.45, 7) is 3.58. The molecule has 0 aliphatic carbocycles. The highest BCUT2D eigenvalue weighted by Crippen LogP contribution is 2.29. The number of thioether (sulfide) groups is 1. The third-order valence-corrected chi connectivity index (χ3v) is 3.77. The molecule has 0 aliphatic rings. The zero-order valence-corrected chi connectivity index (χ0v) is 12.2. The molecule has 0 heterocycles. The fourth-order valence-corrected chi connectivity index (χ4v) is 2.52. The number of nitrogens with one attached hydrogen (secondary N) is 1. The van der Waals surface area contributed by atoms with Crippen LogP contribution in [0.1, 0.15) is 32.3 Å². The van der Waals surface area contributed by atoms with Crippen LogP contribution >= 0.6 is 11.8 Å². The molecule has 102 valence electrons. The first kappa shape index (κ1) is 15.4. The number of carbonyl (C=O) groups is 1. The van der Waals surface area contributed by atoms with Gasteiger partial charge in [-0.2, -0.15) is 5.26 Å². The van der Waals surface area contributed by atoms with Gasteiger partial charge in [0.15, 0.2) is 0 Å². The molecule has 2 N–H and O–H groups in total. The number of benzene rings is 1. The van der Waals surface area contributed by atoms with Crippen molar-refractivity contribution in [2.75, 3.05) is 11.6 Å². The monoisotopic (exact) mass is 278 g/mol. The summed E-state index contributed by atoms with van der Waals surface area (Å²) < 4.78 is 0. The second-order valence-electron chi connectivity index (χ2n) is 4.51. The second kappa shape index (κ2) is 6.48. The predicted octanol–water partition coefficient (Wildman–Crippen LogP) is 3.34. The van der Waals surface area contributed by atoms with Crippen molar-refractivity contribution in [1.82, 2.24) is 0 Å². The minimum atomic E-state index is -1.06. The van der Waals surface area contributed by atoms with Crippen LogP contribution in [-0.2, 0) is 4.79 Å². The summed E-state index contributed by atoms with van der Waals surface area (Å²) >= 11 is 1.47. The highest BCUT2D eigenvalue weighted by atomic mass is 32.2. The van der Waals surface area contributed by atoms with Gasteiger partial charge in [0.25, 0.3) is 0 Å². The summed E-state index contributed by atoms with van der Waals surface area (Å²) in [7, 11) is 0. The Labute approximate surface area is 117 Å². The molecule has 0 radical (unpaired) electrons. The minimum absolute atomic E-state index is 0.497. The number of hydrogen-bond donors (Lipinski definition) is 2. The molecule has 19 heavy (non-hydrogen) atoms. The van der Waals surface area contributed by atoms with Gasteiger partial charge in [-0.1, -0.05) is 19.4 Å². The van der Waals surface area contributed by atoms with Crippen molar-refractivity contribution >= 4 is 23.4 Å². The lowest BCUT2D eigenvalue weighted by Gasteiger charge is -2.27. The Morgan fingerprint density at radius 3 is 2.74 bits per heavy atom. The number of aliphatic carboxylic acids is 1. The van der Waals surface area contributed by atoms with E-state index < -0.39 is 11.5 Å². The first-order valence-electron chi connectivity index (χ1n) is 6.07. The van der Waals surface area contributed by atoms with Gasteiger partial charge in [0.05, 0.1) is 11.3 Å². The van der Waals surface area contributed by atoms with Gasteiger partial charge >= 0.3 is 5.97 Å². The molecule has 0 saturated carbocycles. The number of hydrogen-bond acceptors (Lipinski definition) is 4. The van der Waals surface area contributed by atoms with E-state index in [1.54, 1.807) is 13.0 Å². The van der Waals surface area contributed by atoms with Crippen molar-refractivity contribution in [2.45, 2.75) is 37.1 Å². The van der Waals surface area contributed by atoms with Crippen LogP contribution in [0.15, 0.2) is 23.1 Å². The van der Waals surface area contributed by atoms with Crippen LogP contribution in [0.2, 0.25) is 0 Å². The van der Waals surface area contributed by atoms with Crippen molar-refractivity contribution < 1.29 is 9.90 Å². The van der Waals surface area contributed by atoms with Crippen molar-refractivity contribution in [3.63, 3.8) is 0 Å². The molecule has 0 aliphatic heterocycles. The summed E-state index contributed by atoms with van der Waals surface area (Å²) in [5.41, 5.74) is 0.0171. The summed E-state index contributed by atoms with van der Waals surface area (Å²) in [5.74, 6) is -0.909. The van der Waals surface area contributed by atoms with E-state index >= 15 is 0 Å². The third kappa shape index (κ3) is 3.42. The molecule has 1 aromatic carbocycles. The zero-order valence-electron chi connectivity index (χ0n) is 11.4. The van der Waals surface area contributed by atoms with E-state index in [0.29, 0.717) is 17.7 Å². The van der Waals surface area contributed by atoms with Crippen molar-refractivity contribution in [1.29, 1.82) is 5.26 Å². The van der Waals surface area contributed by atoms with Crippen molar-refractivity contribution in [2.24, 2.45) is 0 Å². The van der Waals surface area contributed by atoms with E-state index in [4.69, 9.17) is 0 Å². The average molecular weight is 278 g/mol. The zero-order chi connectivity index (χ0) is 14.5. The molecule has 4 nitrogen and oxygen atoms in total. The number of carboxylic acid groups (broad SMARTS) is 1. The smallest absolute Gasteiger partial charge is 0.329 e. The lowest BCUT2D eigenvalue weighted by atomic mass is 9.95. The van der Waals surface area contributed by atoms with Gasteiger partial charge in [-0.3, -0.25) is 0 Å². The van der Waals surface area contributed by atoms with E-state index in [1.807, 2.05) is 25.3 Å². The summed E-state index contributed by atoms with van der Waals surface area (Å²) in [4.78, 5) is 12.3. The van der Waals surface area contributed by atoms with E-state index in [-0.39, 0.29) is 0 Å². The molecular weight excluding hydrogens is 260 g/mol. The Hall–Kier alpha value is -1.67. The number of nitrogens with zero attached hydrogens (tertiary/aromatic N) is 1. The largest absolute Gasteiger partial charge is 0.480 e. The second-order valence-corrected chi connectivity index (χ2v) is 5.35. The van der Waals surface area contributed by atoms with Gasteiger partial charge < -0.3 is 10.4 Å². The Kier molecular flexibility index (Phi) is 5.25. The minimum Gasteiger partial charge on any atom is -0.480 e. The predicted molar refractivity (Wildman–Crippen MR) is 77.5 cm³/mol. The standard InChI is InChI=1S/C14H18N2O2S/c1-4-8-14(2,13(17)18)16-11-6-5-7-12(19-3)10(11)9-15/h5-7,16H,4,8H2,1-3H3,(H,17,18). The van der Waals surface area contributed by atoms with Crippen LogP contribution in [-0.4, -0.2) is 22.9 Å². The summed E-state index contributed by atoms with van der Waals surface area (Å²) in [6.07, 6.45) is 3.14. The SMILES string of the molecule is CCCC(C)(Nc1cccc(SC)c1C#N)C(=O)O. The molecule has 1 rings (SSSR count). The third-order valence-electron chi connectivity index (χ3n) is 2.99. The molecule has 1 unspecified atom stereocenters. The van der Waals surface area contributed by atoms with Gasteiger partial charge in [-0.15, -0.1) is 11.8 Å². The molecule has 5 heteroatoms. The van der Waals surface area contributed by atoms with Gasteiger partial charge in [0.1, 0.15) is 11.6 Å². The molecular formula is C14H18N2O2S. The van der Waals surface area contributed by atoms with E-state index in [0.717, 1.165) is 11.3 Å². The highest BCUT2D eigenvalue weighted by Gasteiger charge is 2.32. The van der Waals surface area contributed by atoms with Crippen molar-refractivity contribution in [3.8, 4) is 6.07 Å². The Balaban J connectivity index is 3.18. The van der Waals surface area contributed by atoms with Crippen LogP contribution in [0.5, 0.6) is 0 Å². The Morgan fingerprint density at radius 2 is 2.26 bits per heavy atom. The van der Waals surface area contributed by atoms with Crippen LogP contribution in [0, 0.1) is 11.3 Å².